The number of anilines is 1. The topological polar surface area (TPSA) is 42.2 Å². The molecule has 0 amide bonds. The minimum atomic E-state index is 0.669. The number of hydrogen-bond acceptors (Lipinski definition) is 3. The van der Waals surface area contributed by atoms with E-state index in [1.807, 2.05) is 13.0 Å². The Morgan fingerprint density at radius 1 is 1.24 bits per heavy atom. The van der Waals surface area contributed by atoms with E-state index >= 15 is 0 Å². The summed E-state index contributed by atoms with van der Waals surface area (Å²) in [6.45, 7) is 6.62. The first kappa shape index (κ1) is 16.0. The van der Waals surface area contributed by atoms with Gasteiger partial charge in [-0.25, -0.2) is 0 Å². The Bertz CT molecular complexity index is 598. The van der Waals surface area contributed by atoms with Crippen LogP contribution in [0.2, 0.25) is 0 Å². The van der Waals surface area contributed by atoms with Crippen molar-refractivity contribution < 1.29 is 0 Å². The molecule has 1 heterocycles. The van der Waals surface area contributed by atoms with Gasteiger partial charge in [-0.1, -0.05) is 28.1 Å². The lowest BCUT2D eigenvalue weighted by Gasteiger charge is -2.23. The molecular formula is C17H22BrN3. The molecule has 1 aromatic carbocycles. The number of aryl methyl sites for hydroxylation is 1. The lowest BCUT2D eigenvalue weighted by Crippen LogP contribution is -2.22. The van der Waals surface area contributed by atoms with Gasteiger partial charge in [0, 0.05) is 22.4 Å². The molecular weight excluding hydrogens is 326 g/mol. The van der Waals surface area contributed by atoms with E-state index in [2.05, 4.69) is 63.1 Å². The molecule has 0 spiro atoms. The predicted octanol–water partition coefficient (Wildman–Crippen LogP) is 3.68. The van der Waals surface area contributed by atoms with Gasteiger partial charge in [-0.2, -0.15) is 0 Å². The molecule has 0 atom stereocenters. The van der Waals surface area contributed by atoms with Gasteiger partial charge >= 0.3 is 0 Å². The van der Waals surface area contributed by atoms with E-state index in [1.165, 1.54) is 11.3 Å². The van der Waals surface area contributed by atoms with Crippen LogP contribution in [0.25, 0.3) is 0 Å². The summed E-state index contributed by atoms with van der Waals surface area (Å²) >= 11 is 3.64. The minimum absolute atomic E-state index is 0.669. The molecule has 0 unspecified atom stereocenters. The van der Waals surface area contributed by atoms with Crippen molar-refractivity contribution in [1.82, 2.24) is 4.98 Å². The Balaban J connectivity index is 2.19. The molecule has 2 aromatic rings. The minimum Gasteiger partial charge on any atom is -0.366 e. The number of hydrogen-bond donors (Lipinski definition) is 1. The molecule has 1 aromatic heterocycles. The second-order valence-corrected chi connectivity index (χ2v) is 5.95. The third-order valence-electron chi connectivity index (χ3n) is 3.50. The zero-order chi connectivity index (χ0) is 15.2. The smallest absolute Gasteiger partial charge is 0.0602 e. The first-order chi connectivity index (χ1) is 10.1. The van der Waals surface area contributed by atoms with E-state index in [1.54, 1.807) is 0 Å². The predicted molar refractivity (Wildman–Crippen MR) is 92.6 cm³/mol. The van der Waals surface area contributed by atoms with Crippen LogP contribution < -0.4 is 10.6 Å². The standard InChI is InChI=1S/C17H22BrN3/c1-3-21(12-15-6-4-5-13(2)20-15)16-8-7-14(9-10-19)17(18)11-16/h4-8,11H,3,9-10,12,19H2,1-2H3. The Hall–Kier alpha value is -1.39. The van der Waals surface area contributed by atoms with Crippen molar-refractivity contribution in [1.29, 1.82) is 0 Å². The van der Waals surface area contributed by atoms with Crippen LogP contribution in [-0.2, 0) is 13.0 Å². The first-order valence-corrected chi connectivity index (χ1v) is 8.09. The molecule has 0 aliphatic rings. The number of aromatic nitrogens is 1. The molecule has 0 aliphatic heterocycles. The first-order valence-electron chi connectivity index (χ1n) is 7.30. The van der Waals surface area contributed by atoms with Crippen molar-refractivity contribution in [2.75, 3.05) is 18.0 Å². The number of nitrogens with two attached hydrogens (primary N) is 1. The van der Waals surface area contributed by atoms with Gasteiger partial charge in [0.1, 0.15) is 0 Å². The Morgan fingerprint density at radius 2 is 2.05 bits per heavy atom. The molecule has 112 valence electrons. The van der Waals surface area contributed by atoms with Crippen LogP contribution in [0, 0.1) is 6.92 Å². The van der Waals surface area contributed by atoms with E-state index in [-0.39, 0.29) is 0 Å². The van der Waals surface area contributed by atoms with Gasteiger partial charge in [0.25, 0.3) is 0 Å². The van der Waals surface area contributed by atoms with E-state index in [9.17, 15) is 0 Å². The summed E-state index contributed by atoms with van der Waals surface area (Å²) in [6, 6.07) is 12.6. The number of pyridine rings is 1. The fourth-order valence-electron chi connectivity index (χ4n) is 2.36. The van der Waals surface area contributed by atoms with Gasteiger partial charge in [-0.05, 0) is 56.6 Å². The summed E-state index contributed by atoms with van der Waals surface area (Å²) in [4.78, 5) is 6.90. The largest absolute Gasteiger partial charge is 0.366 e. The molecule has 21 heavy (non-hydrogen) atoms. The van der Waals surface area contributed by atoms with Crippen molar-refractivity contribution in [3.63, 3.8) is 0 Å². The van der Waals surface area contributed by atoms with Gasteiger partial charge in [-0.3, -0.25) is 4.98 Å². The lowest BCUT2D eigenvalue weighted by molar-refractivity contribution is 0.804. The zero-order valence-electron chi connectivity index (χ0n) is 12.6. The molecule has 3 nitrogen and oxygen atoms in total. The molecule has 2 rings (SSSR count). The Labute approximate surface area is 135 Å². The van der Waals surface area contributed by atoms with Crippen LogP contribution in [0.3, 0.4) is 0 Å². The fourth-order valence-corrected chi connectivity index (χ4v) is 2.92. The zero-order valence-corrected chi connectivity index (χ0v) is 14.2. The maximum Gasteiger partial charge on any atom is 0.0602 e. The highest BCUT2D eigenvalue weighted by Crippen LogP contribution is 2.25. The Kier molecular flexibility index (Phi) is 5.76. The maximum atomic E-state index is 5.63. The van der Waals surface area contributed by atoms with Gasteiger partial charge in [0.05, 0.1) is 12.2 Å². The highest BCUT2D eigenvalue weighted by atomic mass is 79.9. The van der Waals surface area contributed by atoms with Crippen molar-refractivity contribution >= 4 is 21.6 Å². The third kappa shape index (κ3) is 4.29. The summed E-state index contributed by atoms with van der Waals surface area (Å²) in [7, 11) is 0. The highest BCUT2D eigenvalue weighted by Gasteiger charge is 2.09. The van der Waals surface area contributed by atoms with Crippen molar-refractivity contribution in [2.24, 2.45) is 5.73 Å². The normalized spacial score (nSPS) is 10.7. The second-order valence-electron chi connectivity index (χ2n) is 5.10. The second kappa shape index (κ2) is 7.57. The van der Waals surface area contributed by atoms with E-state index < -0.39 is 0 Å². The average molecular weight is 348 g/mol. The van der Waals surface area contributed by atoms with E-state index in [0.29, 0.717) is 6.54 Å². The Morgan fingerprint density at radius 3 is 2.67 bits per heavy atom. The molecule has 0 fully saturated rings. The summed E-state index contributed by atoms with van der Waals surface area (Å²) in [5.41, 5.74) is 10.2. The molecule has 4 heteroatoms. The van der Waals surface area contributed by atoms with Crippen LogP contribution >= 0.6 is 15.9 Å². The van der Waals surface area contributed by atoms with E-state index in [0.717, 1.165) is 35.4 Å². The van der Waals surface area contributed by atoms with Crippen molar-refractivity contribution in [3.05, 3.63) is 57.8 Å². The average Bonchev–Trinajstić information content (AvgIpc) is 2.47. The summed E-state index contributed by atoms with van der Waals surface area (Å²) in [6.07, 6.45) is 0.895. The van der Waals surface area contributed by atoms with Crippen LogP contribution in [0.4, 0.5) is 5.69 Å². The van der Waals surface area contributed by atoms with Gasteiger partial charge in [0.15, 0.2) is 0 Å². The van der Waals surface area contributed by atoms with Crippen LogP contribution in [0.15, 0.2) is 40.9 Å². The molecule has 0 saturated carbocycles. The van der Waals surface area contributed by atoms with Gasteiger partial charge < -0.3 is 10.6 Å². The van der Waals surface area contributed by atoms with Crippen molar-refractivity contribution in [2.45, 2.75) is 26.8 Å². The molecule has 2 N–H and O–H groups in total. The van der Waals surface area contributed by atoms with Crippen LogP contribution in [-0.4, -0.2) is 18.1 Å². The summed E-state index contributed by atoms with van der Waals surface area (Å²) in [5, 5.41) is 0. The maximum absolute atomic E-state index is 5.63. The number of benzene rings is 1. The molecule has 0 radical (unpaired) electrons. The summed E-state index contributed by atoms with van der Waals surface area (Å²) in [5.74, 6) is 0. The van der Waals surface area contributed by atoms with Gasteiger partial charge in [-0.15, -0.1) is 0 Å². The van der Waals surface area contributed by atoms with E-state index in [4.69, 9.17) is 5.73 Å². The van der Waals surface area contributed by atoms with Gasteiger partial charge in [0.2, 0.25) is 0 Å². The SMILES string of the molecule is CCN(Cc1cccc(C)n1)c1ccc(CCN)c(Br)c1. The number of rotatable bonds is 6. The third-order valence-corrected chi connectivity index (χ3v) is 4.23. The highest BCUT2D eigenvalue weighted by molar-refractivity contribution is 9.10. The molecule has 0 bridgehead atoms. The lowest BCUT2D eigenvalue weighted by atomic mass is 10.1. The van der Waals surface area contributed by atoms with Crippen molar-refractivity contribution in [3.8, 4) is 0 Å². The molecule has 0 saturated heterocycles. The molecule has 0 aliphatic carbocycles. The fraction of sp³-hybridized carbons (Fsp3) is 0.353. The van der Waals surface area contributed by atoms with Crippen LogP contribution in [0.1, 0.15) is 23.9 Å². The quantitative estimate of drug-likeness (QED) is 0.866. The monoisotopic (exact) mass is 347 g/mol. The van der Waals surface area contributed by atoms with Crippen LogP contribution in [0.5, 0.6) is 0 Å². The number of nitrogens with zero attached hydrogens (tertiary/aromatic N) is 2. The number of halogens is 1. The summed E-state index contributed by atoms with van der Waals surface area (Å²) < 4.78 is 1.13.